The number of methoxy groups -OCH3 is 2. The lowest BCUT2D eigenvalue weighted by Gasteiger charge is -1.99. The minimum absolute atomic E-state index is 0.148. The molecule has 4 heteroatoms. The molecular formula is C7H8O4. The SMILES string of the molecule is COc1cc(=O)cc(OC)o1. The third-order valence-corrected chi connectivity index (χ3v) is 1.12. The van der Waals surface area contributed by atoms with E-state index in [4.69, 9.17) is 13.9 Å². The molecule has 1 aromatic heterocycles. The molecule has 0 aromatic carbocycles. The molecule has 0 aliphatic rings. The molecule has 0 unspecified atom stereocenters. The predicted molar refractivity (Wildman–Crippen MR) is 38.1 cm³/mol. The highest BCUT2D eigenvalue weighted by Crippen LogP contribution is 2.14. The maximum Gasteiger partial charge on any atom is 0.290 e. The Labute approximate surface area is 63.4 Å². The Hall–Kier alpha value is -1.45. The monoisotopic (exact) mass is 156 g/mol. The third-order valence-electron chi connectivity index (χ3n) is 1.12. The highest BCUT2D eigenvalue weighted by atomic mass is 16.6. The van der Waals surface area contributed by atoms with Crippen molar-refractivity contribution in [3.63, 3.8) is 0 Å². The fourth-order valence-corrected chi connectivity index (χ4v) is 0.633. The van der Waals surface area contributed by atoms with Crippen LogP contribution in [0, 0.1) is 0 Å². The molecule has 0 fully saturated rings. The number of ether oxygens (including phenoxy) is 2. The molecule has 0 spiro atoms. The van der Waals surface area contributed by atoms with Gasteiger partial charge in [-0.05, 0) is 0 Å². The van der Waals surface area contributed by atoms with E-state index in [0.717, 1.165) is 0 Å². The standard InChI is InChI=1S/C7H8O4/c1-9-6-3-5(8)4-7(10-2)11-6/h3-4H,1-2H3. The van der Waals surface area contributed by atoms with Crippen LogP contribution in [0.3, 0.4) is 0 Å². The van der Waals surface area contributed by atoms with E-state index in [9.17, 15) is 4.79 Å². The van der Waals surface area contributed by atoms with Gasteiger partial charge in [0.05, 0.1) is 26.4 Å². The lowest BCUT2D eigenvalue weighted by molar-refractivity contribution is 0.231. The van der Waals surface area contributed by atoms with Crippen LogP contribution in [-0.2, 0) is 0 Å². The normalized spacial score (nSPS) is 9.27. The van der Waals surface area contributed by atoms with Gasteiger partial charge in [0.1, 0.15) is 0 Å². The van der Waals surface area contributed by atoms with Crippen LogP contribution in [0.4, 0.5) is 0 Å². The molecule has 0 radical (unpaired) electrons. The van der Waals surface area contributed by atoms with Crippen LogP contribution in [0.15, 0.2) is 21.3 Å². The molecule has 0 amide bonds. The predicted octanol–water partition coefficient (Wildman–Crippen LogP) is 0.657. The highest BCUT2D eigenvalue weighted by Gasteiger charge is 1.99. The molecule has 0 saturated carbocycles. The minimum Gasteiger partial charge on any atom is -0.468 e. The van der Waals surface area contributed by atoms with Crippen molar-refractivity contribution in [2.24, 2.45) is 0 Å². The summed E-state index contributed by atoms with van der Waals surface area (Å²) in [5.41, 5.74) is -0.204. The average molecular weight is 156 g/mol. The Kier molecular flexibility index (Phi) is 2.15. The summed E-state index contributed by atoms with van der Waals surface area (Å²) in [4.78, 5) is 10.8. The largest absolute Gasteiger partial charge is 0.468 e. The molecule has 4 nitrogen and oxygen atoms in total. The van der Waals surface area contributed by atoms with E-state index in [1.807, 2.05) is 0 Å². The Balaban J connectivity index is 3.12. The van der Waals surface area contributed by atoms with Crippen molar-refractivity contribution in [2.75, 3.05) is 14.2 Å². The fourth-order valence-electron chi connectivity index (χ4n) is 0.633. The van der Waals surface area contributed by atoms with Crippen molar-refractivity contribution in [3.05, 3.63) is 22.4 Å². The van der Waals surface area contributed by atoms with Gasteiger partial charge in [-0.15, -0.1) is 0 Å². The van der Waals surface area contributed by atoms with Crippen LogP contribution >= 0.6 is 0 Å². The van der Waals surface area contributed by atoms with E-state index in [1.54, 1.807) is 0 Å². The summed E-state index contributed by atoms with van der Waals surface area (Å²) in [5, 5.41) is 0. The van der Waals surface area contributed by atoms with Crippen LogP contribution in [-0.4, -0.2) is 14.2 Å². The smallest absolute Gasteiger partial charge is 0.290 e. The third kappa shape index (κ3) is 1.73. The second-order valence-corrected chi connectivity index (χ2v) is 1.84. The van der Waals surface area contributed by atoms with E-state index < -0.39 is 0 Å². The zero-order valence-electron chi connectivity index (χ0n) is 6.29. The van der Waals surface area contributed by atoms with Gasteiger partial charge in [0.15, 0.2) is 5.43 Å². The molecule has 0 bridgehead atoms. The van der Waals surface area contributed by atoms with Gasteiger partial charge in [-0.2, -0.15) is 0 Å². The first kappa shape index (κ1) is 7.65. The molecule has 1 heterocycles. The maximum absolute atomic E-state index is 10.8. The molecule has 0 atom stereocenters. The van der Waals surface area contributed by atoms with Gasteiger partial charge in [-0.25, -0.2) is 0 Å². The molecule has 0 aliphatic heterocycles. The van der Waals surface area contributed by atoms with E-state index in [-0.39, 0.29) is 17.3 Å². The van der Waals surface area contributed by atoms with Crippen LogP contribution in [0.2, 0.25) is 0 Å². The van der Waals surface area contributed by atoms with Crippen LogP contribution in [0.1, 0.15) is 0 Å². The van der Waals surface area contributed by atoms with Crippen molar-refractivity contribution < 1.29 is 13.9 Å². The number of rotatable bonds is 2. The zero-order chi connectivity index (χ0) is 8.27. The summed E-state index contributed by atoms with van der Waals surface area (Å²) in [7, 11) is 2.83. The number of hydrogen-bond acceptors (Lipinski definition) is 4. The molecule has 60 valence electrons. The minimum atomic E-state index is -0.204. The quantitative estimate of drug-likeness (QED) is 0.631. The zero-order valence-corrected chi connectivity index (χ0v) is 6.29. The maximum atomic E-state index is 10.8. The molecule has 0 aliphatic carbocycles. The molecule has 1 rings (SSSR count). The van der Waals surface area contributed by atoms with Gasteiger partial charge in [0.2, 0.25) is 0 Å². The highest BCUT2D eigenvalue weighted by molar-refractivity contribution is 5.13. The Bertz CT molecular complexity index is 263. The van der Waals surface area contributed by atoms with Crippen LogP contribution in [0.5, 0.6) is 11.9 Å². The molecule has 0 saturated heterocycles. The van der Waals surface area contributed by atoms with Crippen LogP contribution in [0.25, 0.3) is 0 Å². The van der Waals surface area contributed by atoms with Crippen molar-refractivity contribution in [1.82, 2.24) is 0 Å². The average Bonchev–Trinajstić information content (AvgIpc) is 2.03. The summed E-state index contributed by atoms with van der Waals surface area (Å²) < 4.78 is 14.3. The molecular weight excluding hydrogens is 148 g/mol. The van der Waals surface area contributed by atoms with Crippen molar-refractivity contribution in [1.29, 1.82) is 0 Å². The van der Waals surface area contributed by atoms with Gasteiger partial charge >= 0.3 is 0 Å². The van der Waals surface area contributed by atoms with Gasteiger partial charge in [0, 0.05) is 0 Å². The Morgan fingerprint density at radius 3 is 2.00 bits per heavy atom. The first-order valence-electron chi connectivity index (χ1n) is 2.99. The summed E-state index contributed by atoms with van der Waals surface area (Å²) >= 11 is 0. The summed E-state index contributed by atoms with van der Waals surface area (Å²) in [6.45, 7) is 0. The van der Waals surface area contributed by atoms with E-state index in [1.165, 1.54) is 26.4 Å². The Morgan fingerprint density at radius 2 is 1.64 bits per heavy atom. The summed E-state index contributed by atoms with van der Waals surface area (Å²) in [5.74, 6) is 0.295. The fraction of sp³-hybridized carbons (Fsp3) is 0.286. The van der Waals surface area contributed by atoms with Gasteiger partial charge in [-0.1, -0.05) is 0 Å². The van der Waals surface area contributed by atoms with Gasteiger partial charge < -0.3 is 13.9 Å². The van der Waals surface area contributed by atoms with Crippen molar-refractivity contribution >= 4 is 0 Å². The number of hydrogen-bond donors (Lipinski definition) is 0. The summed E-state index contributed by atoms with van der Waals surface area (Å²) in [6, 6.07) is 2.48. The van der Waals surface area contributed by atoms with Crippen LogP contribution < -0.4 is 14.9 Å². The van der Waals surface area contributed by atoms with Gasteiger partial charge in [0.25, 0.3) is 11.9 Å². The lowest BCUT2D eigenvalue weighted by atomic mass is 10.5. The van der Waals surface area contributed by atoms with E-state index in [0.29, 0.717) is 0 Å². The second-order valence-electron chi connectivity index (χ2n) is 1.84. The van der Waals surface area contributed by atoms with Gasteiger partial charge in [-0.3, -0.25) is 4.79 Å². The first-order chi connectivity index (χ1) is 5.26. The molecule has 1 aromatic rings. The van der Waals surface area contributed by atoms with E-state index in [2.05, 4.69) is 0 Å². The Morgan fingerprint density at radius 1 is 1.18 bits per heavy atom. The topological polar surface area (TPSA) is 48.7 Å². The first-order valence-corrected chi connectivity index (χ1v) is 2.99. The second kappa shape index (κ2) is 3.09. The van der Waals surface area contributed by atoms with E-state index >= 15 is 0 Å². The lowest BCUT2D eigenvalue weighted by Crippen LogP contribution is -1.99. The molecule has 11 heavy (non-hydrogen) atoms. The van der Waals surface area contributed by atoms with Crippen molar-refractivity contribution in [3.8, 4) is 11.9 Å². The van der Waals surface area contributed by atoms with Crippen molar-refractivity contribution in [2.45, 2.75) is 0 Å². The summed E-state index contributed by atoms with van der Waals surface area (Å²) in [6.07, 6.45) is 0. The molecule has 0 N–H and O–H groups in total.